The summed E-state index contributed by atoms with van der Waals surface area (Å²) in [5, 5.41) is 0. The molecule has 1 heterocycles. The Hall–Kier alpha value is -3.08. The summed E-state index contributed by atoms with van der Waals surface area (Å²) in [4.78, 5) is 17.3. The summed E-state index contributed by atoms with van der Waals surface area (Å²) in [6, 6.07) is 18.1. The first-order valence-electron chi connectivity index (χ1n) is 12.2. The van der Waals surface area contributed by atoms with E-state index in [0.29, 0.717) is 24.8 Å². The number of oxazole rings is 1. The second-order valence-corrected chi connectivity index (χ2v) is 10.2. The molecular formula is C29H35NO4. The zero-order valence-corrected chi connectivity index (χ0v) is 20.7. The smallest absolute Gasteiger partial charge is 0.309 e. The Bertz CT molecular complexity index is 1100. The number of hydrogen-bond donors (Lipinski definition) is 0. The average molecular weight is 462 g/mol. The standard InChI is InChI=1S/C29H35NO4/c1-20-26(30-27(33-20)22-11-6-5-7-12-22)16-17-32-24-14-8-10-21(19-24)18-23-13-9-15-25(23)28(31)34-29(2,3)4/h5-8,10-12,14,19,23,25H,9,13,15-18H2,1-4H3/t23-,25+/m1/s1. The van der Waals surface area contributed by atoms with E-state index in [-0.39, 0.29) is 11.9 Å². The van der Waals surface area contributed by atoms with Crippen LogP contribution in [0.4, 0.5) is 0 Å². The quantitative estimate of drug-likeness (QED) is 0.355. The summed E-state index contributed by atoms with van der Waals surface area (Å²) in [5.41, 5.74) is 2.65. The summed E-state index contributed by atoms with van der Waals surface area (Å²) >= 11 is 0. The SMILES string of the molecule is Cc1oc(-c2ccccc2)nc1CCOc1cccc(C[C@H]2CCC[C@@H]2C(=O)OC(C)(C)C)c1. The zero-order valence-electron chi connectivity index (χ0n) is 20.7. The summed E-state index contributed by atoms with van der Waals surface area (Å²) in [7, 11) is 0. The van der Waals surface area contributed by atoms with Gasteiger partial charge in [0.2, 0.25) is 5.89 Å². The van der Waals surface area contributed by atoms with Gasteiger partial charge in [0.25, 0.3) is 0 Å². The molecule has 1 saturated carbocycles. The minimum atomic E-state index is -0.442. The van der Waals surface area contributed by atoms with E-state index in [1.807, 2.05) is 70.2 Å². The predicted octanol–water partition coefficient (Wildman–Crippen LogP) is 6.57. The van der Waals surface area contributed by atoms with Crippen molar-refractivity contribution in [3.63, 3.8) is 0 Å². The topological polar surface area (TPSA) is 61.6 Å². The van der Waals surface area contributed by atoms with Crippen LogP contribution in [0.3, 0.4) is 0 Å². The number of carbonyl (C=O) groups excluding carboxylic acids is 1. The van der Waals surface area contributed by atoms with Gasteiger partial charge in [-0.2, -0.15) is 0 Å². The third kappa shape index (κ3) is 6.28. The molecule has 1 aromatic heterocycles. The number of aromatic nitrogens is 1. The van der Waals surface area contributed by atoms with Gasteiger partial charge >= 0.3 is 5.97 Å². The molecule has 0 radical (unpaired) electrons. The van der Waals surface area contributed by atoms with Crippen LogP contribution in [0.2, 0.25) is 0 Å². The van der Waals surface area contributed by atoms with Crippen LogP contribution >= 0.6 is 0 Å². The maximum Gasteiger partial charge on any atom is 0.309 e. The van der Waals surface area contributed by atoms with Gasteiger partial charge in [0.15, 0.2) is 0 Å². The first-order chi connectivity index (χ1) is 16.3. The Labute approximate surface area is 202 Å². The van der Waals surface area contributed by atoms with Gasteiger partial charge in [0.1, 0.15) is 17.1 Å². The lowest BCUT2D eigenvalue weighted by Gasteiger charge is -2.25. The fourth-order valence-electron chi connectivity index (χ4n) is 4.66. The van der Waals surface area contributed by atoms with Crippen LogP contribution in [0, 0.1) is 18.8 Å². The molecule has 5 nitrogen and oxygen atoms in total. The van der Waals surface area contributed by atoms with Gasteiger partial charge in [-0.05, 0) is 82.7 Å². The Balaban J connectivity index is 1.33. The highest BCUT2D eigenvalue weighted by atomic mass is 16.6. The van der Waals surface area contributed by atoms with Gasteiger partial charge < -0.3 is 13.9 Å². The second-order valence-electron chi connectivity index (χ2n) is 10.2. The molecule has 0 spiro atoms. The van der Waals surface area contributed by atoms with E-state index in [1.165, 1.54) is 5.56 Å². The highest BCUT2D eigenvalue weighted by molar-refractivity contribution is 5.73. The fourth-order valence-corrected chi connectivity index (χ4v) is 4.66. The molecule has 34 heavy (non-hydrogen) atoms. The summed E-state index contributed by atoms with van der Waals surface area (Å²) in [6.07, 6.45) is 4.59. The van der Waals surface area contributed by atoms with Crippen molar-refractivity contribution in [2.24, 2.45) is 11.8 Å². The Morgan fingerprint density at radius 2 is 1.88 bits per heavy atom. The molecule has 0 saturated heterocycles. The van der Waals surface area contributed by atoms with Crippen LogP contribution in [0.5, 0.6) is 5.75 Å². The summed E-state index contributed by atoms with van der Waals surface area (Å²) in [5.74, 6) is 2.56. The number of hydrogen-bond acceptors (Lipinski definition) is 5. The number of ether oxygens (including phenoxy) is 2. The van der Waals surface area contributed by atoms with Crippen molar-refractivity contribution in [2.75, 3.05) is 6.61 Å². The van der Waals surface area contributed by atoms with Gasteiger partial charge in [0.05, 0.1) is 18.2 Å². The molecule has 5 heteroatoms. The van der Waals surface area contributed by atoms with Gasteiger partial charge in [-0.15, -0.1) is 0 Å². The van der Waals surface area contributed by atoms with Crippen LogP contribution in [-0.2, 0) is 22.4 Å². The lowest BCUT2D eigenvalue weighted by Crippen LogP contribution is -2.31. The minimum Gasteiger partial charge on any atom is -0.493 e. The van der Waals surface area contributed by atoms with Gasteiger partial charge in [-0.3, -0.25) is 4.79 Å². The molecule has 0 amide bonds. The molecule has 0 N–H and O–H groups in total. The predicted molar refractivity (Wildman–Crippen MR) is 133 cm³/mol. The summed E-state index contributed by atoms with van der Waals surface area (Å²) in [6.45, 7) is 8.25. The van der Waals surface area contributed by atoms with Crippen molar-refractivity contribution in [2.45, 2.75) is 65.4 Å². The first kappa shape index (κ1) is 24.1. The first-order valence-corrected chi connectivity index (χ1v) is 12.2. The van der Waals surface area contributed by atoms with Crippen molar-refractivity contribution in [3.05, 3.63) is 71.6 Å². The van der Waals surface area contributed by atoms with Crippen molar-refractivity contribution in [1.29, 1.82) is 0 Å². The maximum absolute atomic E-state index is 12.7. The number of esters is 1. The van der Waals surface area contributed by atoms with E-state index in [2.05, 4.69) is 17.1 Å². The van der Waals surface area contributed by atoms with Crippen molar-refractivity contribution in [1.82, 2.24) is 4.98 Å². The maximum atomic E-state index is 12.7. The largest absolute Gasteiger partial charge is 0.493 e. The van der Waals surface area contributed by atoms with E-state index in [9.17, 15) is 4.79 Å². The van der Waals surface area contributed by atoms with E-state index >= 15 is 0 Å². The molecule has 1 fully saturated rings. The second kappa shape index (κ2) is 10.5. The summed E-state index contributed by atoms with van der Waals surface area (Å²) < 4.78 is 17.6. The van der Waals surface area contributed by atoms with Crippen molar-refractivity contribution >= 4 is 5.97 Å². The number of carbonyl (C=O) groups is 1. The monoisotopic (exact) mass is 461 g/mol. The van der Waals surface area contributed by atoms with Crippen LogP contribution < -0.4 is 4.74 Å². The van der Waals surface area contributed by atoms with E-state index in [4.69, 9.17) is 13.9 Å². The molecule has 0 unspecified atom stereocenters. The number of aryl methyl sites for hydroxylation is 1. The molecule has 1 aliphatic rings. The highest BCUT2D eigenvalue weighted by Crippen LogP contribution is 2.36. The van der Waals surface area contributed by atoms with Crippen LogP contribution in [0.25, 0.3) is 11.5 Å². The van der Waals surface area contributed by atoms with Crippen LogP contribution in [-0.4, -0.2) is 23.2 Å². The Morgan fingerprint density at radius 1 is 1.09 bits per heavy atom. The lowest BCUT2D eigenvalue weighted by molar-refractivity contribution is -0.161. The van der Waals surface area contributed by atoms with Crippen molar-refractivity contribution < 1.29 is 18.7 Å². The Kier molecular flexibility index (Phi) is 7.40. The molecule has 0 bridgehead atoms. The van der Waals surface area contributed by atoms with E-state index in [1.54, 1.807) is 0 Å². The van der Waals surface area contributed by atoms with Gasteiger partial charge in [0, 0.05) is 12.0 Å². The highest BCUT2D eigenvalue weighted by Gasteiger charge is 2.35. The lowest BCUT2D eigenvalue weighted by atomic mass is 9.89. The normalized spacial score (nSPS) is 18.1. The number of rotatable bonds is 8. The van der Waals surface area contributed by atoms with Crippen molar-refractivity contribution in [3.8, 4) is 17.2 Å². The van der Waals surface area contributed by atoms with Gasteiger partial charge in [-0.25, -0.2) is 4.98 Å². The van der Waals surface area contributed by atoms with Gasteiger partial charge in [-0.1, -0.05) is 36.8 Å². The van der Waals surface area contributed by atoms with E-state index in [0.717, 1.165) is 48.5 Å². The molecular weight excluding hydrogens is 426 g/mol. The molecule has 1 aliphatic carbocycles. The molecule has 2 aromatic carbocycles. The Morgan fingerprint density at radius 3 is 2.65 bits per heavy atom. The average Bonchev–Trinajstić information content (AvgIpc) is 3.40. The molecule has 180 valence electrons. The number of nitrogens with zero attached hydrogens (tertiary/aromatic N) is 1. The fraction of sp³-hybridized carbons (Fsp3) is 0.448. The zero-order chi connectivity index (χ0) is 24.1. The van der Waals surface area contributed by atoms with Crippen LogP contribution in [0.15, 0.2) is 59.0 Å². The molecule has 2 atom stereocenters. The third-order valence-corrected chi connectivity index (χ3v) is 6.29. The molecule has 0 aliphatic heterocycles. The third-order valence-electron chi connectivity index (χ3n) is 6.29. The van der Waals surface area contributed by atoms with Crippen LogP contribution in [0.1, 0.15) is 57.1 Å². The molecule has 4 rings (SSSR count). The number of benzene rings is 2. The molecule has 3 aromatic rings. The van der Waals surface area contributed by atoms with E-state index < -0.39 is 5.60 Å². The minimum absolute atomic E-state index is 0.0160.